The maximum Gasteiger partial charge on any atom is 0.320 e. The second-order valence-corrected chi connectivity index (χ2v) is 6.27. The lowest BCUT2D eigenvalue weighted by Gasteiger charge is -2.33. The highest BCUT2D eigenvalue weighted by atomic mass is 16.5. The highest BCUT2D eigenvalue weighted by Gasteiger charge is 2.37. The number of rotatable bonds is 5. The zero-order valence-corrected chi connectivity index (χ0v) is 14.1. The summed E-state index contributed by atoms with van der Waals surface area (Å²) in [6.45, 7) is 2.86. The van der Waals surface area contributed by atoms with E-state index in [2.05, 4.69) is 30.0 Å². The van der Waals surface area contributed by atoms with E-state index in [-0.39, 0.29) is 6.04 Å². The van der Waals surface area contributed by atoms with Gasteiger partial charge in [-0.2, -0.15) is 0 Å². The maximum absolute atomic E-state index is 11.7. The van der Waals surface area contributed by atoms with Crippen molar-refractivity contribution in [3.63, 3.8) is 0 Å². The molecule has 2 atom stereocenters. The molecule has 2 aromatic rings. The number of ether oxygens (including phenoxy) is 1. The molecule has 126 valence electrons. The molecule has 0 spiro atoms. The van der Waals surface area contributed by atoms with Crippen molar-refractivity contribution in [3.05, 3.63) is 65.2 Å². The van der Waals surface area contributed by atoms with Crippen molar-refractivity contribution in [1.29, 1.82) is 0 Å². The van der Waals surface area contributed by atoms with Crippen LogP contribution < -0.4 is 4.74 Å². The molecule has 3 rings (SSSR count). The molecule has 1 heterocycles. The Kier molecular flexibility index (Phi) is 4.86. The molecule has 24 heavy (non-hydrogen) atoms. The molecule has 0 aliphatic carbocycles. The quantitative estimate of drug-likeness (QED) is 0.912. The first-order chi connectivity index (χ1) is 11.6. The van der Waals surface area contributed by atoms with Crippen LogP contribution in [0.15, 0.2) is 48.5 Å². The Hall–Kier alpha value is -2.33. The number of benzene rings is 2. The molecule has 1 saturated heterocycles. The largest absolute Gasteiger partial charge is 0.497 e. The van der Waals surface area contributed by atoms with Crippen molar-refractivity contribution in [2.24, 2.45) is 0 Å². The summed E-state index contributed by atoms with van der Waals surface area (Å²) in [5.74, 6) is 0.0473. The molecule has 1 N–H and O–H groups in total. The normalized spacial score (nSPS) is 19.2. The maximum atomic E-state index is 11.7. The molecule has 1 aliphatic heterocycles. The van der Waals surface area contributed by atoms with Crippen LogP contribution in [0.1, 0.15) is 35.6 Å². The van der Waals surface area contributed by atoms with E-state index in [1.165, 1.54) is 5.56 Å². The summed E-state index contributed by atoms with van der Waals surface area (Å²) in [7, 11) is 1.65. The second kappa shape index (κ2) is 7.05. The smallest absolute Gasteiger partial charge is 0.320 e. The van der Waals surface area contributed by atoms with Gasteiger partial charge in [0.15, 0.2) is 0 Å². The highest BCUT2D eigenvalue weighted by Crippen LogP contribution is 2.37. The minimum Gasteiger partial charge on any atom is -0.497 e. The molecule has 4 heteroatoms. The summed E-state index contributed by atoms with van der Waals surface area (Å²) in [6.07, 6.45) is 1.60. The molecule has 0 saturated carbocycles. The van der Waals surface area contributed by atoms with Crippen molar-refractivity contribution >= 4 is 5.97 Å². The summed E-state index contributed by atoms with van der Waals surface area (Å²) in [6, 6.07) is 15.6. The number of likely N-dealkylation sites (tertiary alicyclic amines) is 1. The van der Waals surface area contributed by atoms with Gasteiger partial charge in [0, 0.05) is 6.54 Å². The lowest BCUT2D eigenvalue weighted by Crippen LogP contribution is -2.39. The molecule has 2 aromatic carbocycles. The molecule has 0 bridgehead atoms. The third-order valence-electron chi connectivity index (χ3n) is 4.80. The number of carboxylic acid groups (broad SMARTS) is 1. The summed E-state index contributed by atoms with van der Waals surface area (Å²) < 4.78 is 5.37. The zero-order chi connectivity index (χ0) is 17.1. The van der Waals surface area contributed by atoms with Crippen LogP contribution in [0.3, 0.4) is 0 Å². The number of aliphatic carboxylic acids is 1. The van der Waals surface area contributed by atoms with Crippen molar-refractivity contribution in [2.45, 2.75) is 31.8 Å². The van der Waals surface area contributed by atoms with Crippen LogP contribution in [0.2, 0.25) is 0 Å². The third kappa shape index (κ3) is 3.15. The van der Waals surface area contributed by atoms with Crippen molar-refractivity contribution in [1.82, 2.24) is 4.90 Å². The first-order valence-corrected chi connectivity index (χ1v) is 8.30. The van der Waals surface area contributed by atoms with Gasteiger partial charge in [-0.25, -0.2) is 0 Å². The van der Waals surface area contributed by atoms with E-state index >= 15 is 0 Å². The molecule has 0 amide bonds. The first-order valence-electron chi connectivity index (χ1n) is 8.30. The van der Waals surface area contributed by atoms with Crippen LogP contribution in [-0.4, -0.2) is 35.7 Å². The van der Waals surface area contributed by atoms with Crippen molar-refractivity contribution in [2.75, 3.05) is 13.7 Å². The number of hydrogen-bond acceptors (Lipinski definition) is 3. The lowest BCUT2D eigenvalue weighted by molar-refractivity contribution is -0.142. The molecular weight excluding hydrogens is 302 g/mol. The summed E-state index contributed by atoms with van der Waals surface area (Å²) in [5, 5.41) is 9.63. The third-order valence-corrected chi connectivity index (χ3v) is 4.80. The minimum atomic E-state index is -0.742. The van der Waals surface area contributed by atoms with E-state index in [1.54, 1.807) is 7.11 Å². The van der Waals surface area contributed by atoms with Gasteiger partial charge in [-0.05, 0) is 48.6 Å². The lowest BCUT2D eigenvalue weighted by atomic mass is 9.93. The van der Waals surface area contributed by atoms with E-state index < -0.39 is 12.0 Å². The summed E-state index contributed by atoms with van der Waals surface area (Å²) in [4.78, 5) is 13.8. The average molecular weight is 325 g/mol. The van der Waals surface area contributed by atoms with Gasteiger partial charge < -0.3 is 9.84 Å². The monoisotopic (exact) mass is 325 g/mol. The number of methoxy groups -OCH3 is 1. The minimum absolute atomic E-state index is 0.0788. The van der Waals surface area contributed by atoms with Crippen LogP contribution in [0.4, 0.5) is 0 Å². The molecule has 2 unspecified atom stereocenters. The second-order valence-electron chi connectivity index (χ2n) is 6.27. The predicted molar refractivity (Wildman–Crippen MR) is 93.4 cm³/mol. The van der Waals surface area contributed by atoms with E-state index in [1.807, 2.05) is 30.3 Å². The fraction of sp³-hybridized carbons (Fsp3) is 0.350. The first kappa shape index (κ1) is 16.5. The van der Waals surface area contributed by atoms with Crippen LogP contribution in [0.25, 0.3) is 0 Å². The summed E-state index contributed by atoms with van der Waals surface area (Å²) >= 11 is 0. The van der Waals surface area contributed by atoms with Gasteiger partial charge in [0.05, 0.1) is 13.2 Å². The number of nitrogens with zero attached hydrogens (tertiary/aromatic N) is 1. The Morgan fingerprint density at radius 3 is 2.75 bits per heavy atom. The Morgan fingerprint density at radius 2 is 2.04 bits per heavy atom. The standard InChI is InChI=1S/C20H23NO3/c1-14-7-3-4-10-17(14)19(15-8-5-9-16(13-15)24-2)21-12-6-11-18(21)20(22)23/h3-5,7-10,13,18-19H,6,11-12H2,1-2H3,(H,22,23). The fourth-order valence-electron chi connectivity index (χ4n) is 3.62. The highest BCUT2D eigenvalue weighted by molar-refractivity contribution is 5.74. The van der Waals surface area contributed by atoms with Gasteiger partial charge in [0.1, 0.15) is 11.8 Å². The van der Waals surface area contributed by atoms with Crippen molar-refractivity contribution < 1.29 is 14.6 Å². The molecular formula is C20H23NO3. The van der Waals surface area contributed by atoms with E-state index in [9.17, 15) is 9.90 Å². The number of carbonyl (C=O) groups is 1. The van der Waals surface area contributed by atoms with E-state index in [0.29, 0.717) is 6.42 Å². The zero-order valence-electron chi connectivity index (χ0n) is 14.1. The molecule has 0 radical (unpaired) electrons. The van der Waals surface area contributed by atoms with Crippen LogP contribution in [0.5, 0.6) is 5.75 Å². The number of carboxylic acids is 1. The van der Waals surface area contributed by atoms with Gasteiger partial charge in [0.25, 0.3) is 0 Å². The van der Waals surface area contributed by atoms with Gasteiger partial charge in [-0.1, -0.05) is 36.4 Å². The number of aryl methyl sites for hydroxylation is 1. The Morgan fingerprint density at radius 1 is 1.25 bits per heavy atom. The van der Waals surface area contributed by atoms with Crippen LogP contribution >= 0.6 is 0 Å². The topological polar surface area (TPSA) is 49.8 Å². The molecule has 4 nitrogen and oxygen atoms in total. The SMILES string of the molecule is COc1cccc(C(c2ccccc2C)N2CCCC2C(=O)O)c1. The van der Waals surface area contributed by atoms with Crippen LogP contribution in [-0.2, 0) is 4.79 Å². The number of hydrogen-bond donors (Lipinski definition) is 1. The van der Waals surface area contributed by atoms with Gasteiger partial charge in [-0.15, -0.1) is 0 Å². The van der Waals surface area contributed by atoms with E-state index in [0.717, 1.165) is 29.8 Å². The Balaban J connectivity index is 2.10. The van der Waals surface area contributed by atoms with Gasteiger partial charge in [-0.3, -0.25) is 9.69 Å². The molecule has 0 aromatic heterocycles. The molecule has 1 fully saturated rings. The van der Waals surface area contributed by atoms with Crippen LogP contribution in [0, 0.1) is 6.92 Å². The Bertz CT molecular complexity index is 728. The predicted octanol–water partition coefficient (Wildman–Crippen LogP) is 3.64. The van der Waals surface area contributed by atoms with Crippen molar-refractivity contribution in [3.8, 4) is 5.75 Å². The molecule has 1 aliphatic rings. The Labute approximate surface area is 142 Å². The average Bonchev–Trinajstić information content (AvgIpc) is 3.07. The summed E-state index contributed by atoms with van der Waals surface area (Å²) in [5.41, 5.74) is 3.39. The van der Waals surface area contributed by atoms with Gasteiger partial charge >= 0.3 is 5.97 Å². The van der Waals surface area contributed by atoms with Gasteiger partial charge in [0.2, 0.25) is 0 Å². The van der Waals surface area contributed by atoms with E-state index in [4.69, 9.17) is 4.74 Å². The fourth-order valence-corrected chi connectivity index (χ4v) is 3.62.